The number of benzene rings is 1. The van der Waals surface area contributed by atoms with Crippen molar-refractivity contribution in [1.82, 2.24) is 0 Å². The van der Waals surface area contributed by atoms with Gasteiger partial charge in [0, 0.05) is 23.9 Å². The summed E-state index contributed by atoms with van der Waals surface area (Å²) in [7, 11) is 1.49. The van der Waals surface area contributed by atoms with Gasteiger partial charge in [-0.3, -0.25) is 0 Å². The van der Waals surface area contributed by atoms with Gasteiger partial charge in [0.25, 0.3) is 0 Å². The van der Waals surface area contributed by atoms with Crippen LogP contribution in [-0.2, 0) is 4.79 Å². The number of carboxylic acids is 1. The maximum atomic E-state index is 11.0. The summed E-state index contributed by atoms with van der Waals surface area (Å²) < 4.78 is 5.33. The normalized spacial score (nSPS) is 11.8. The van der Waals surface area contributed by atoms with Gasteiger partial charge < -0.3 is 14.7 Å². The Morgan fingerprint density at radius 3 is 2.79 bits per heavy atom. The van der Waals surface area contributed by atoms with Crippen LogP contribution in [0.2, 0.25) is 0 Å². The van der Waals surface area contributed by atoms with E-state index >= 15 is 0 Å². The number of methoxy groups -OCH3 is 1. The number of hydrogen-bond acceptors (Lipinski definition) is 4. The number of hydrogen-bond donors (Lipinski definition) is 1. The molecule has 0 radical (unpaired) electrons. The number of terminal acetylenes is 1. The molecule has 0 fully saturated rings. The molecule has 0 bridgehead atoms. The Labute approximate surface area is 142 Å². The van der Waals surface area contributed by atoms with Crippen molar-refractivity contribution >= 4 is 17.7 Å². The van der Waals surface area contributed by atoms with Gasteiger partial charge in [-0.15, -0.1) is 13.0 Å². The lowest BCUT2D eigenvalue weighted by Gasteiger charge is -2.25. The van der Waals surface area contributed by atoms with Gasteiger partial charge >= 0.3 is 5.97 Å². The molecule has 1 unspecified atom stereocenters. The molecule has 1 N–H and O–H groups in total. The van der Waals surface area contributed by atoms with Crippen LogP contribution in [0.15, 0.2) is 36.4 Å². The van der Waals surface area contributed by atoms with Crippen molar-refractivity contribution in [1.29, 1.82) is 5.26 Å². The highest BCUT2D eigenvalue weighted by atomic mass is 16.5. The van der Waals surface area contributed by atoms with Crippen molar-refractivity contribution in [3.8, 4) is 24.2 Å². The van der Waals surface area contributed by atoms with E-state index in [9.17, 15) is 4.79 Å². The maximum absolute atomic E-state index is 11.0. The van der Waals surface area contributed by atoms with E-state index < -0.39 is 5.97 Å². The van der Waals surface area contributed by atoms with E-state index in [1.165, 1.54) is 13.2 Å². The molecule has 24 heavy (non-hydrogen) atoms. The van der Waals surface area contributed by atoms with Gasteiger partial charge in [-0.1, -0.05) is 18.9 Å². The summed E-state index contributed by atoms with van der Waals surface area (Å²) in [4.78, 5) is 13.0. The lowest BCUT2D eigenvalue weighted by molar-refractivity contribution is -0.132. The lowest BCUT2D eigenvalue weighted by atomic mass is 10.1. The van der Waals surface area contributed by atoms with E-state index in [0.29, 0.717) is 24.4 Å². The Morgan fingerprint density at radius 1 is 1.58 bits per heavy atom. The summed E-state index contributed by atoms with van der Waals surface area (Å²) in [5, 5.41) is 17.8. The summed E-state index contributed by atoms with van der Waals surface area (Å²) in [5.74, 6) is 2.06. The standard InChI is InChI=1S/C19H20N2O3/c1-5-9-21(13-14(3)6-2)17-8-7-15(18(11-17)24-4)10-16(12-20)19(22)23/h1,6-8,10-11,14H,2,9,13H2,3-4H3,(H,22,23)/b16-10+. The number of nitrogens with zero attached hydrogens (tertiary/aromatic N) is 2. The summed E-state index contributed by atoms with van der Waals surface area (Å²) in [6.45, 7) is 6.94. The highest BCUT2D eigenvalue weighted by Crippen LogP contribution is 2.28. The Kier molecular flexibility index (Phi) is 7.13. The van der Waals surface area contributed by atoms with E-state index in [0.717, 1.165) is 5.69 Å². The van der Waals surface area contributed by atoms with Crippen molar-refractivity contribution < 1.29 is 14.6 Å². The molecule has 124 valence electrons. The van der Waals surface area contributed by atoms with Gasteiger partial charge in [-0.25, -0.2) is 4.79 Å². The van der Waals surface area contributed by atoms with Gasteiger partial charge in [0.15, 0.2) is 0 Å². The van der Waals surface area contributed by atoms with Crippen molar-refractivity contribution in [2.75, 3.05) is 25.1 Å². The Bertz CT molecular complexity index is 723. The number of ether oxygens (including phenoxy) is 1. The zero-order valence-corrected chi connectivity index (χ0v) is 13.8. The van der Waals surface area contributed by atoms with Crippen LogP contribution in [0.4, 0.5) is 5.69 Å². The van der Waals surface area contributed by atoms with Gasteiger partial charge in [0.2, 0.25) is 0 Å². The predicted molar refractivity (Wildman–Crippen MR) is 94.6 cm³/mol. The second kappa shape index (κ2) is 9.07. The number of carboxylic acid groups (broad SMARTS) is 1. The number of nitriles is 1. The van der Waals surface area contributed by atoms with Gasteiger partial charge in [-0.2, -0.15) is 5.26 Å². The Hall–Kier alpha value is -3.18. The second-order valence-corrected chi connectivity index (χ2v) is 5.20. The molecule has 0 saturated carbocycles. The predicted octanol–water partition coefficient (Wildman–Crippen LogP) is 2.95. The third-order valence-corrected chi connectivity index (χ3v) is 3.43. The fourth-order valence-electron chi connectivity index (χ4n) is 2.11. The highest BCUT2D eigenvalue weighted by molar-refractivity contribution is 5.97. The smallest absolute Gasteiger partial charge is 0.346 e. The molecule has 1 rings (SSSR count). The van der Waals surface area contributed by atoms with Crippen LogP contribution < -0.4 is 9.64 Å². The Morgan fingerprint density at radius 2 is 2.29 bits per heavy atom. The van der Waals surface area contributed by atoms with E-state index in [1.807, 2.05) is 24.0 Å². The van der Waals surface area contributed by atoms with E-state index in [1.54, 1.807) is 18.2 Å². The number of rotatable bonds is 8. The number of aliphatic carboxylic acids is 1. The van der Waals surface area contributed by atoms with Crippen LogP contribution in [0, 0.1) is 29.6 Å². The largest absolute Gasteiger partial charge is 0.496 e. The van der Waals surface area contributed by atoms with Crippen LogP contribution in [0.25, 0.3) is 6.08 Å². The van der Waals surface area contributed by atoms with Crippen LogP contribution in [0.1, 0.15) is 12.5 Å². The average Bonchev–Trinajstić information content (AvgIpc) is 2.58. The minimum atomic E-state index is -1.28. The van der Waals surface area contributed by atoms with E-state index in [-0.39, 0.29) is 11.5 Å². The molecule has 0 saturated heterocycles. The monoisotopic (exact) mass is 324 g/mol. The van der Waals surface area contributed by atoms with Crippen molar-refractivity contribution in [2.24, 2.45) is 5.92 Å². The SMILES string of the molecule is C#CCN(CC(C)C=C)c1ccc(/C=C(\C#N)C(=O)O)c(OC)c1. The van der Waals surface area contributed by atoms with Crippen molar-refractivity contribution in [3.63, 3.8) is 0 Å². The van der Waals surface area contributed by atoms with Crippen LogP contribution in [-0.4, -0.2) is 31.3 Å². The van der Waals surface area contributed by atoms with Crippen LogP contribution in [0.3, 0.4) is 0 Å². The lowest BCUT2D eigenvalue weighted by Crippen LogP contribution is -2.28. The van der Waals surface area contributed by atoms with Gasteiger partial charge in [0.1, 0.15) is 17.4 Å². The minimum absolute atomic E-state index is 0.251. The topological polar surface area (TPSA) is 73.6 Å². The molecule has 1 aromatic carbocycles. The first-order valence-corrected chi connectivity index (χ1v) is 7.30. The first-order valence-electron chi connectivity index (χ1n) is 7.30. The maximum Gasteiger partial charge on any atom is 0.346 e. The highest BCUT2D eigenvalue weighted by Gasteiger charge is 2.13. The summed E-state index contributed by atoms with van der Waals surface area (Å²) >= 11 is 0. The van der Waals surface area contributed by atoms with Gasteiger partial charge in [-0.05, 0) is 24.1 Å². The Balaban J connectivity index is 3.25. The fourth-order valence-corrected chi connectivity index (χ4v) is 2.11. The molecule has 1 aromatic rings. The minimum Gasteiger partial charge on any atom is -0.496 e. The fraction of sp³-hybridized carbons (Fsp3) is 0.263. The molecule has 1 atom stereocenters. The molecule has 5 heteroatoms. The molecule has 0 aliphatic carbocycles. The molecular formula is C19H20N2O3. The zero-order valence-electron chi connectivity index (χ0n) is 13.8. The number of carbonyl (C=O) groups is 1. The molecule has 0 heterocycles. The molecule has 0 aliphatic heterocycles. The average molecular weight is 324 g/mol. The molecule has 0 aromatic heterocycles. The van der Waals surface area contributed by atoms with E-state index in [2.05, 4.69) is 12.5 Å². The summed E-state index contributed by atoms with van der Waals surface area (Å²) in [5.41, 5.74) is 1.00. The van der Waals surface area contributed by atoms with Crippen molar-refractivity contribution in [3.05, 3.63) is 42.0 Å². The van der Waals surface area contributed by atoms with Gasteiger partial charge in [0.05, 0.1) is 13.7 Å². The zero-order chi connectivity index (χ0) is 18.1. The summed E-state index contributed by atoms with van der Waals surface area (Å²) in [6.07, 6.45) is 8.57. The third-order valence-electron chi connectivity index (χ3n) is 3.43. The third kappa shape index (κ3) is 4.93. The second-order valence-electron chi connectivity index (χ2n) is 5.20. The molecule has 0 aliphatic rings. The van der Waals surface area contributed by atoms with E-state index in [4.69, 9.17) is 21.5 Å². The first-order chi connectivity index (χ1) is 11.5. The number of anilines is 1. The van der Waals surface area contributed by atoms with Crippen LogP contribution >= 0.6 is 0 Å². The first kappa shape index (κ1) is 18.9. The summed E-state index contributed by atoms with van der Waals surface area (Å²) in [6, 6.07) is 6.95. The van der Waals surface area contributed by atoms with Crippen molar-refractivity contribution in [2.45, 2.75) is 6.92 Å². The molecule has 0 spiro atoms. The van der Waals surface area contributed by atoms with Crippen LogP contribution in [0.5, 0.6) is 5.75 Å². The molecule has 0 amide bonds. The quantitative estimate of drug-likeness (QED) is 0.344. The molecular weight excluding hydrogens is 304 g/mol. The molecule has 5 nitrogen and oxygen atoms in total.